The van der Waals surface area contributed by atoms with Gasteiger partial charge in [0.05, 0.1) is 29.7 Å². The smallest absolute Gasteiger partial charge is 0.105 e. The first-order chi connectivity index (χ1) is 11.6. The zero-order valence-corrected chi connectivity index (χ0v) is 14.6. The number of rotatable bonds is 4. The maximum atomic E-state index is 10.7. The van der Waals surface area contributed by atoms with Crippen LogP contribution in [0.5, 0.6) is 0 Å². The third-order valence-electron chi connectivity index (χ3n) is 5.07. The lowest BCUT2D eigenvalue weighted by atomic mass is 9.95. The molecule has 1 aromatic carbocycles. The summed E-state index contributed by atoms with van der Waals surface area (Å²) in [5, 5.41) is 12.7. The van der Waals surface area contributed by atoms with Crippen LogP contribution in [0.25, 0.3) is 10.9 Å². The quantitative estimate of drug-likeness (QED) is 0.784. The summed E-state index contributed by atoms with van der Waals surface area (Å²) in [6.07, 6.45) is 7.82. The summed E-state index contributed by atoms with van der Waals surface area (Å²) >= 11 is 6.52. The first-order valence-electron chi connectivity index (χ1n) is 8.59. The van der Waals surface area contributed by atoms with Crippen molar-refractivity contribution >= 4 is 22.5 Å². The highest BCUT2D eigenvalue weighted by atomic mass is 35.5. The van der Waals surface area contributed by atoms with Crippen molar-refractivity contribution in [3.63, 3.8) is 0 Å². The summed E-state index contributed by atoms with van der Waals surface area (Å²) < 4.78 is 4.24. The molecule has 0 saturated carbocycles. The number of nitrogens with zero attached hydrogens (tertiary/aromatic N) is 3. The van der Waals surface area contributed by atoms with E-state index >= 15 is 0 Å². The number of para-hydroxylation sites is 1. The molecule has 1 unspecified atom stereocenters. The van der Waals surface area contributed by atoms with Gasteiger partial charge < -0.3 is 14.2 Å². The topological polar surface area (TPSA) is 43.0 Å². The first kappa shape index (κ1) is 15.7. The van der Waals surface area contributed by atoms with Crippen molar-refractivity contribution in [3.05, 3.63) is 52.7 Å². The second kappa shape index (κ2) is 6.26. The Labute approximate surface area is 146 Å². The second-order valence-electron chi connectivity index (χ2n) is 6.66. The van der Waals surface area contributed by atoms with Gasteiger partial charge in [-0.3, -0.25) is 0 Å². The molecule has 1 aliphatic rings. The monoisotopic (exact) mass is 343 g/mol. The van der Waals surface area contributed by atoms with E-state index in [9.17, 15) is 5.11 Å². The molecule has 5 heteroatoms. The van der Waals surface area contributed by atoms with Crippen LogP contribution in [0.15, 0.2) is 30.6 Å². The molecule has 0 spiro atoms. The largest absolute Gasteiger partial charge is 0.389 e. The molecule has 24 heavy (non-hydrogen) atoms. The highest BCUT2D eigenvalue weighted by molar-refractivity contribution is 6.35. The van der Waals surface area contributed by atoms with E-state index in [2.05, 4.69) is 15.6 Å². The highest BCUT2D eigenvalue weighted by Crippen LogP contribution is 2.35. The van der Waals surface area contributed by atoms with E-state index in [1.54, 1.807) is 6.20 Å². The van der Waals surface area contributed by atoms with Crippen LogP contribution in [0.1, 0.15) is 29.9 Å². The van der Waals surface area contributed by atoms with Gasteiger partial charge in [-0.2, -0.15) is 0 Å². The summed E-state index contributed by atoms with van der Waals surface area (Å²) in [5.74, 6) is 0.923. The molecule has 0 amide bonds. The molecule has 2 heterocycles. The van der Waals surface area contributed by atoms with Gasteiger partial charge in [0, 0.05) is 23.5 Å². The van der Waals surface area contributed by atoms with E-state index in [0.717, 1.165) is 29.2 Å². The Hall–Kier alpha value is -1.78. The number of hydrogen-bond donors (Lipinski definition) is 1. The number of hydrogen-bond acceptors (Lipinski definition) is 2. The average molecular weight is 344 g/mol. The van der Waals surface area contributed by atoms with E-state index in [4.69, 9.17) is 11.6 Å². The fraction of sp³-hybridized carbons (Fsp3) is 0.421. The standard InChI is InChI=1S/C19H22ClN3O/c1-13-21-9-10-22(13)11-14(24)12-23-18-8-3-2-5-15(18)16-6-4-7-17(20)19(16)23/h4,6-7,9-10,14,24H,2-3,5,8,11-12H2,1H3. The van der Waals surface area contributed by atoms with Crippen molar-refractivity contribution in [1.29, 1.82) is 0 Å². The Morgan fingerprint density at radius 3 is 2.88 bits per heavy atom. The van der Waals surface area contributed by atoms with Crippen molar-refractivity contribution in [1.82, 2.24) is 14.1 Å². The molecule has 1 aliphatic carbocycles. The predicted octanol–water partition coefficient (Wildman–Crippen LogP) is 3.74. The maximum Gasteiger partial charge on any atom is 0.105 e. The molecule has 0 radical (unpaired) electrons. The molecule has 0 saturated heterocycles. The molecular formula is C19H22ClN3O. The number of benzene rings is 1. The molecule has 4 rings (SSSR count). The number of aryl methyl sites for hydroxylation is 2. The first-order valence-corrected chi connectivity index (χ1v) is 8.97. The molecule has 1 atom stereocenters. The van der Waals surface area contributed by atoms with Crippen LogP contribution >= 0.6 is 11.6 Å². The van der Waals surface area contributed by atoms with E-state index in [1.807, 2.05) is 29.8 Å². The van der Waals surface area contributed by atoms with Gasteiger partial charge in [0.25, 0.3) is 0 Å². The van der Waals surface area contributed by atoms with E-state index in [0.29, 0.717) is 13.1 Å². The lowest BCUT2D eigenvalue weighted by Crippen LogP contribution is -2.24. The van der Waals surface area contributed by atoms with E-state index in [-0.39, 0.29) is 0 Å². The van der Waals surface area contributed by atoms with Crippen molar-refractivity contribution < 1.29 is 5.11 Å². The average Bonchev–Trinajstić information content (AvgIpc) is 3.11. The lowest BCUT2D eigenvalue weighted by molar-refractivity contribution is 0.134. The maximum absolute atomic E-state index is 10.7. The van der Waals surface area contributed by atoms with Gasteiger partial charge in [-0.15, -0.1) is 0 Å². The predicted molar refractivity (Wildman–Crippen MR) is 96.6 cm³/mol. The number of aromatic nitrogens is 3. The summed E-state index contributed by atoms with van der Waals surface area (Å²) in [4.78, 5) is 4.22. The molecule has 0 bridgehead atoms. The van der Waals surface area contributed by atoms with Crippen LogP contribution in [0, 0.1) is 6.92 Å². The van der Waals surface area contributed by atoms with Crippen LogP contribution < -0.4 is 0 Å². The zero-order chi connectivity index (χ0) is 16.7. The summed E-state index contributed by atoms with van der Waals surface area (Å²) in [5.41, 5.74) is 3.85. The van der Waals surface area contributed by atoms with Crippen LogP contribution in [-0.4, -0.2) is 25.3 Å². The van der Waals surface area contributed by atoms with Gasteiger partial charge in [-0.05, 0) is 44.2 Å². The Balaban J connectivity index is 1.72. The van der Waals surface area contributed by atoms with Gasteiger partial charge in [-0.1, -0.05) is 23.7 Å². The van der Waals surface area contributed by atoms with Crippen molar-refractivity contribution in [3.8, 4) is 0 Å². The van der Waals surface area contributed by atoms with Gasteiger partial charge >= 0.3 is 0 Å². The molecular weight excluding hydrogens is 322 g/mol. The minimum absolute atomic E-state index is 0.476. The van der Waals surface area contributed by atoms with E-state index < -0.39 is 6.10 Å². The SMILES string of the molecule is Cc1nccn1CC(O)Cn1c2c(c3cccc(Cl)c31)CCCC2. The molecule has 126 valence electrons. The van der Waals surface area contributed by atoms with Gasteiger partial charge in [0.2, 0.25) is 0 Å². The molecule has 3 aromatic rings. The Kier molecular flexibility index (Phi) is 4.10. The van der Waals surface area contributed by atoms with Crippen molar-refractivity contribution in [2.75, 3.05) is 0 Å². The number of fused-ring (bicyclic) bond motifs is 3. The van der Waals surface area contributed by atoms with Gasteiger partial charge in [0.15, 0.2) is 0 Å². The molecule has 1 N–H and O–H groups in total. The fourth-order valence-electron chi connectivity index (χ4n) is 3.94. The van der Waals surface area contributed by atoms with E-state index in [1.165, 1.54) is 29.5 Å². The zero-order valence-electron chi connectivity index (χ0n) is 13.9. The summed E-state index contributed by atoms with van der Waals surface area (Å²) in [6.45, 7) is 3.06. The lowest BCUT2D eigenvalue weighted by Gasteiger charge is -2.19. The number of halogens is 1. The van der Waals surface area contributed by atoms with Gasteiger partial charge in [-0.25, -0.2) is 4.98 Å². The number of aliphatic hydroxyl groups excluding tert-OH is 1. The third-order valence-corrected chi connectivity index (χ3v) is 5.38. The van der Waals surface area contributed by atoms with Crippen LogP contribution in [0.3, 0.4) is 0 Å². The fourth-order valence-corrected chi connectivity index (χ4v) is 4.22. The molecule has 0 aliphatic heterocycles. The molecule has 2 aromatic heterocycles. The summed E-state index contributed by atoms with van der Waals surface area (Å²) in [6, 6.07) is 6.13. The Morgan fingerprint density at radius 1 is 1.25 bits per heavy atom. The van der Waals surface area contributed by atoms with Crippen LogP contribution in [-0.2, 0) is 25.9 Å². The Bertz CT molecular complexity index is 880. The summed E-state index contributed by atoms with van der Waals surface area (Å²) in [7, 11) is 0. The van der Waals surface area contributed by atoms with Crippen molar-refractivity contribution in [2.24, 2.45) is 0 Å². The highest BCUT2D eigenvalue weighted by Gasteiger charge is 2.22. The Morgan fingerprint density at radius 2 is 2.08 bits per heavy atom. The minimum atomic E-state index is -0.476. The number of imidazole rings is 1. The van der Waals surface area contributed by atoms with Crippen molar-refractivity contribution in [2.45, 2.75) is 51.8 Å². The minimum Gasteiger partial charge on any atom is -0.389 e. The van der Waals surface area contributed by atoms with Crippen LogP contribution in [0.2, 0.25) is 5.02 Å². The van der Waals surface area contributed by atoms with Crippen LogP contribution in [0.4, 0.5) is 0 Å². The molecule has 0 fully saturated rings. The normalized spacial score (nSPS) is 15.6. The molecule has 4 nitrogen and oxygen atoms in total. The second-order valence-corrected chi connectivity index (χ2v) is 7.07. The number of aliphatic hydroxyl groups is 1. The third kappa shape index (κ3) is 2.64. The van der Waals surface area contributed by atoms with Gasteiger partial charge in [0.1, 0.15) is 5.82 Å².